The van der Waals surface area contributed by atoms with Crippen LogP contribution >= 0.6 is 0 Å². The molecule has 0 aliphatic heterocycles. The second kappa shape index (κ2) is 4.56. The third kappa shape index (κ3) is 2.63. The lowest BCUT2D eigenvalue weighted by molar-refractivity contribution is 0.503. The van der Waals surface area contributed by atoms with Crippen molar-refractivity contribution in [1.29, 1.82) is 0 Å². The zero-order chi connectivity index (χ0) is 12.4. The Kier molecular flexibility index (Phi) is 3.76. The lowest BCUT2D eigenvalue weighted by Gasteiger charge is -2.36. The number of rotatable bonds is 2. The molecule has 0 spiro atoms. The van der Waals surface area contributed by atoms with Crippen LogP contribution in [0.4, 0.5) is 0 Å². The Morgan fingerprint density at radius 2 is 1.62 bits per heavy atom. The van der Waals surface area contributed by atoms with Gasteiger partial charge in [-0.25, -0.2) is 0 Å². The Morgan fingerprint density at radius 1 is 1.12 bits per heavy atom. The number of hydrogen-bond donors (Lipinski definition) is 1. The molecule has 1 N–H and O–H groups in total. The minimum atomic E-state index is -2.55. The second-order valence-electron chi connectivity index (χ2n) is 5.60. The molecule has 0 radical (unpaired) electrons. The van der Waals surface area contributed by atoms with Gasteiger partial charge in [-0.05, 0) is 24.1 Å². The maximum atomic E-state index is 11.1. The molecule has 0 saturated heterocycles. The summed E-state index contributed by atoms with van der Waals surface area (Å²) >= 11 is 0. The van der Waals surface area contributed by atoms with Crippen LogP contribution in [-0.4, -0.2) is 13.1 Å². The zero-order valence-corrected chi connectivity index (χ0v) is 11.9. The fourth-order valence-corrected chi connectivity index (χ4v) is 4.84. The van der Waals surface area contributed by atoms with Crippen LogP contribution in [0.3, 0.4) is 0 Å². The van der Waals surface area contributed by atoms with Crippen molar-refractivity contribution in [3.05, 3.63) is 41.6 Å². The molecule has 1 rings (SSSR count). The molecule has 0 bridgehead atoms. The van der Waals surface area contributed by atoms with Crippen LogP contribution in [0.15, 0.2) is 41.6 Å². The third-order valence-corrected chi connectivity index (χ3v) is 7.35. The average Bonchev–Trinajstić information content (AvgIpc) is 2.16. The molecule has 1 aromatic rings. The number of allylic oxidation sites excluding steroid dienone is 1. The highest BCUT2D eigenvalue weighted by Crippen LogP contribution is 2.35. The third-order valence-electron chi connectivity index (χ3n) is 2.85. The van der Waals surface area contributed by atoms with Crippen LogP contribution in [0, 0.1) is 0 Å². The summed E-state index contributed by atoms with van der Waals surface area (Å²) in [6.45, 7) is 10.4. The predicted octanol–water partition coefficient (Wildman–Crippen LogP) is 3.14. The fraction of sp³-hybridized carbons (Fsp3) is 0.429. The van der Waals surface area contributed by atoms with Crippen molar-refractivity contribution in [2.24, 2.45) is 0 Å². The van der Waals surface area contributed by atoms with Gasteiger partial charge in [-0.1, -0.05) is 62.4 Å². The zero-order valence-electron chi connectivity index (χ0n) is 10.9. The van der Waals surface area contributed by atoms with Crippen LogP contribution in [0.25, 0.3) is 0 Å². The molecule has 1 atom stereocenters. The van der Waals surface area contributed by atoms with Crippen molar-refractivity contribution >= 4 is 13.5 Å². The first-order chi connectivity index (χ1) is 7.27. The minimum absolute atomic E-state index is 0.0916. The van der Waals surface area contributed by atoms with Crippen molar-refractivity contribution in [2.45, 2.75) is 39.7 Å². The minimum Gasteiger partial charge on any atom is -0.424 e. The largest absolute Gasteiger partial charge is 0.424 e. The second-order valence-corrected chi connectivity index (χ2v) is 9.50. The van der Waals surface area contributed by atoms with E-state index in [9.17, 15) is 4.80 Å². The Balaban J connectivity index is 3.33. The molecular weight excluding hydrogens is 212 g/mol. The molecule has 0 amide bonds. The summed E-state index contributed by atoms with van der Waals surface area (Å²) in [6, 6.07) is 10.1. The van der Waals surface area contributed by atoms with E-state index in [4.69, 9.17) is 0 Å². The van der Waals surface area contributed by atoms with Crippen LogP contribution in [-0.2, 0) is 0 Å². The van der Waals surface area contributed by atoms with E-state index in [0.29, 0.717) is 0 Å². The Morgan fingerprint density at radius 3 is 2.00 bits per heavy atom. The van der Waals surface area contributed by atoms with Crippen molar-refractivity contribution in [3.8, 4) is 0 Å². The van der Waals surface area contributed by atoms with Gasteiger partial charge in [0, 0.05) is 0 Å². The van der Waals surface area contributed by atoms with E-state index in [0.717, 1.165) is 5.19 Å². The van der Waals surface area contributed by atoms with E-state index in [1.54, 1.807) is 0 Å². The van der Waals surface area contributed by atoms with Gasteiger partial charge in [0.1, 0.15) is 0 Å². The molecular formula is C14H22OSi. The molecule has 0 aromatic heterocycles. The smallest absolute Gasteiger partial charge is 0.250 e. The summed E-state index contributed by atoms with van der Waals surface area (Å²) in [7, 11) is -2.55. The van der Waals surface area contributed by atoms with Gasteiger partial charge in [0.05, 0.1) is 0 Å². The fourth-order valence-electron chi connectivity index (χ4n) is 1.84. The first-order valence-corrected chi connectivity index (χ1v) is 7.74. The summed E-state index contributed by atoms with van der Waals surface area (Å²) in [5, 5.41) is 0.995. The van der Waals surface area contributed by atoms with Gasteiger partial charge >= 0.3 is 0 Å². The SMILES string of the molecule is CC(C)=C[Si](O)(c1ccccc1)C(C)(C)C. The molecule has 1 nitrogen and oxygen atoms in total. The summed E-state index contributed by atoms with van der Waals surface area (Å²) in [5.74, 6) is 0. The first-order valence-electron chi connectivity index (χ1n) is 5.71. The molecule has 0 fully saturated rings. The lowest BCUT2D eigenvalue weighted by Crippen LogP contribution is -2.54. The first kappa shape index (κ1) is 13.2. The molecule has 0 aliphatic rings. The molecule has 2 heteroatoms. The monoisotopic (exact) mass is 234 g/mol. The summed E-state index contributed by atoms with van der Waals surface area (Å²) in [5.41, 5.74) is 3.27. The van der Waals surface area contributed by atoms with Crippen molar-refractivity contribution in [3.63, 3.8) is 0 Å². The van der Waals surface area contributed by atoms with Gasteiger partial charge in [0.25, 0.3) is 8.32 Å². The van der Waals surface area contributed by atoms with E-state index in [2.05, 4.69) is 26.5 Å². The van der Waals surface area contributed by atoms with Gasteiger partial charge in [-0.15, -0.1) is 0 Å². The number of hydrogen-bond acceptors (Lipinski definition) is 1. The van der Waals surface area contributed by atoms with Gasteiger partial charge < -0.3 is 4.80 Å². The van der Waals surface area contributed by atoms with Gasteiger partial charge in [0.15, 0.2) is 0 Å². The van der Waals surface area contributed by atoms with E-state index in [1.807, 2.05) is 44.2 Å². The average molecular weight is 234 g/mol. The van der Waals surface area contributed by atoms with Crippen LogP contribution in [0.1, 0.15) is 34.6 Å². The number of benzene rings is 1. The van der Waals surface area contributed by atoms with Gasteiger partial charge in [-0.3, -0.25) is 0 Å². The van der Waals surface area contributed by atoms with Crippen LogP contribution < -0.4 is 5.19 Å². The Labute approximate surface area is 100.0 Å². The lowest BCUT2D eigenvalue weighted by atomic mass is 10.2. The van der Waals surface area contributed by atoms with Gasteiger partial charge in [-0.2, -0.15) is 0 Å². The van der Waals surface area contributed by atoms with Crippen molar-refractivity contribution < 1.29 is 4.80 Å². The molecule has 1 unspecified atom stereocenters. The Bertz CT molecular complexity index is 371. The highest BCUT2D eigenvalue weighted by atomic mass is 28.4. The molecule has 1 aromatic carbocycles. The maximum Gasteiger partial charge on any atom is 0.250 e. The van der Waals surface area contributed by atoms with E-state index in [-0.39, 0.29) is 5.04 Å². The molecule has 88 valence electrons. The quantitative estimate of drug-likeness (QED) is 0.780. The van der Waals surface area contributed by atoms with Crippen molar-refractivity contribution in [2.75, 3.05) is 0 Å². The Hall–Kier alpha value is -0.863. The molecule has 0 aliphatic carbocycles. The predicted molar refractivity (Wildman–Crippen MR) is 73.2 cm³/mol. The molecule has 0 heterocycles. The highest BCUT2D eigenvalue weighted by molar-refractivity contribution is 6.92. The summed E-state index contributed by atoms with van der Waals surface area (Å²) < 4.78 is 0. The van der Waals surface area contributed by atoms with Crippen LogP contribution in [0.2, 0.25) is 5.04 Å². The van der Waals surface area contributed by atoms with Crippen molar-refractivity contribution in [1.82, 2.24) is 0 Å². The van der Waals surface area contributed by atoms with Crippen LogP contribution in [0.5, 0.6) is 0 Å². The maximum absolute atomic E-state index is 11.1. The normalized spacial score (nSPS) is 15.4. The highest BCUT2D eigenvalue weighted by Gasteiger charge is 2.43. The van der Waals surface area contributed by atoms with E-state index >= 15 is 0 Å². The summed E-state index contributed by atoms with van der Waals surface area (Å²) in [6.07, 6.45) is 0. The van der Waals surface area contributed by atoms with E-state index in [1.165, 1.54) is 5.57 Å². The van der Waals surface area contributed by atoms with E-state index < -0.39 is 8.32 Å². The van der Waals surface area contributed by atoms with Gasteiger partial charge in [0.2, 0.25) is 0 Å². The molecule has 16 heavy (non-hydrogen) atoms. The standard InChI is InChI=1S/C14H22OSi/c1-12(2)11-16(15,14(3,4)5)13-9-7-6-8-10-13/h6-11,15H,1-5H3. The summed E-state index contributed by atoms with van der Waals surface area (Å²) in [4.78, 5) is 11.1. The molecule has 0 saturated carbocycles. The topological polar surface area (TPSA) is 20.2 Å².